The monoisotopic (exact) mass is 303 g/mol. The number of carbonyl (C=O) groups is 1. The van der Waals surface area contributed by atoms with Crippen LogP contribution in [0.2, 0.25) is 0 Å². The molecule has 0 fully saturated rings. The zero-order valence-electron chi connectivity index (χ0n) is 12.5. The second-order valence-corrected chi connectivity index (χ2v) is 6.23. The lowest BCUT2D eigenvalue weighted by molar-refractivity contribution is -0.119. The van der Waals surface area contributed by atoms with E-state index in [1.54, 1.807) is 0 Å². The molecule has 1 N–H and O–H groups in total. The fourth-order valence-electron chi connectivity index (χ4n) is 2.09. The van der Waals surface area contributed by atoms with Crippen LogP contribution in [0.4, 0.5) is 5.13 Å². The lowest BCUT2D eigenvalue weighted by Crippen LogP contribution is -2.20. The Labute approximate surface area is 129 Å². The number of aromatic nitrogens is 2. The number of anilines is 1. The molecule has 0 aliphatic rings. The predicted octanol–water partition coefficient (Wildman–Crippen LogP) is 3.70. The Morgan fingerprint density at radius 2 is 2.00 bits per heavy atom. The molecule has 0 spiro atoms. The zero-order valence-corrected chi connectivity index (χ0v) is 13.3. The van der Waals surface area contributed by atoms with Crippen LogP contribution >= 0.6 is 11.3 Å². The van der Waals surface area contributed by atoms with E-state index in [4.69, 9.17) is 0 Å². The van der Waals surface area contributed by atoms with Gasteiger partial charge in [-0.15, -0.1) is 10.2 Å². The highest BCUT2D eigenvalue weighted by Gasteiger charge is 2.14. The summed E-state index contributed by atoms with van der Waals surface area (Å²) in [4.78, 5) is 11.9. The highest BCUT2D eigenvalue weighted by molar-refractivity contribution is 7.15. The molecule has 2 aromatic rings. The van der Waals surface area contributed by atoms with Crippen molar-refractivity contribution in [3.8, 4) is 0 Å². The number of nitrogens with one attached hydrogen (secondary N) is 1. The van der Waals surface area contributed by atoms with Crippen molar-refractivity contribution in [3.63, 3.8) is 0 Å². The average molecular weight is 303 g/mol. The summed E-state index contributed by atoms with van der Waals surface area (Å²) in [5.41, 5.74) is 1.29. The number of aryl methyl sites for hydroxylation is 2. The van der Waals surface area contributed by atoms with Gasteiger partial charge in [0.05, 0.1) is 0 Å². The molecule has 5 heteroatoms. The van der Waals surface area contributed by atoms with Crippen molar-refractivity contribution in [1.82, 2.24) is 10.2 Å². The number of carbonyl (C=O) groups excluding carboxylic acids is 1. The van der Waals surface area contributed by atoms with Gasteiger partial charge in [-0.05, 0) is 18.4 Å². The first-order valence-corrected chi connectivity index (χ1v) is 8.18. The minimum absolute atomic E-state index is 0.0201. The van der Waals surface area contributed by atoms with Crippen molar-refractivity contribution in [3.05, 3.63) is 40.9 Å². The van der Waals surface area contributed by atoms with Crippen LogP contribution < -0.4 is 5.32 Å². The van der Waals surface area contributed by atoms with E-state index in [-0.39, 0.29) is 11.8 Å². The summed E-state index contributed by atoms with van der Waals surface area (Å²) >= 11 is 1.46. The molecule has 0 unspecified atom stereocenters. The summed E-state index contributed by atoms with van der Waals surface area (Å²) in [7, 11) is 0. The summed E-state index contributed by atoms with van der Waals surface area (Å²) in [5, 5.41) is 12.6. The molecule has 0 aliphatic heterocycles. The third kappa shape index (κ3) is 4.93. The van der Waals surface area contributed by atoms with E-state index in [0.29, 0.717) is 5.13 Å². The first kappa shape index (κ1) is 15.6. The van der Waals surface area contributed by atoms with Crippen molar-refractivity contribution in [2.75, 3.05) is 5.32 Å². The van der Waals surface area contributed by atoms with Gasteiger partial charge in [0.2, 0.25) is 11.0 Å². The lowest BCUT2D eigenvalue weighted by atomic mass is 10.1. The number of rotatable bonds is 7. The molecule has 0 saturated heterocycles. The molecule has 0 saturated carbocycles. The number of amides is 1. The van der Waals surface area contributed by atoms with E-state index >= 15 is 0 Å². The smallest absolute Gasteiger partial charge is 0.229 e. The maximum Gasteiger partial charge on any atom is 0.229 e. The van der Waals surface area contributed by atoms with E-state index in [9.17, 15) is 4.79 Å². The topological polar surface area (TPSA) is 54.9 Å². The first-order valence-electron chi connectivity index (χ1n) is 7.36. The van der Waals surface area contributed by atoms with Crippen LogP contribution in [0.1, 0.15) is 37.3 Å². The number of nitrogens with zero attached hydrogens (tertiary/aromatic N) is 2. The molecule has 1 amide bonds. The Morgan fingerprint density at radius 3 is 2.71 bits per heavy atom. The molecule has 1 atom stereocenters. The third-order valence-electron chi connectivity index (χ3n) is 3.34. The van der Waals surface area contributed by atoms with Crippen LogP contribution in [0.3, 0.4) is 0 Å². The Bertz CT molecular complexity index is 568. The molecule has 112 valence electrons. The van der Waals surface area contributed by atoms with E-state index in [1.165, 1.54) is 16.9 Å². The highest BCUT2D eigenvalue weighted by Crippen LogP contribution is 2.18. The van der Waals surface area contributed by atoms with Crippen LogP contribution in [0.5, 0.6) is 0 Å². The molecule has 4 nitrogen and oxygen atoms in total. The van der Waals surface area contributed by atoms with E-state index in [1.807, 2.05) is 25.1 Å². The summed E-state index contributed by atoms with van der Waals surface area (Å²) < 4.78 is 0. The Balaban J connectivity index is 1.85. The van der Waals surface area contributed by atoms with Crippen molar-refractivity contribution in [2.24, 2.45) is 5.92 Å². The summed E-state index contributed by atoms with van der Waals surface area (Å²) in [5.74, 6) is 0.0503. The molecular formula is C16H21N3OS. The van der Waals surface area contributed by atoms with Crippen molar-refractivity contribution < 1.29 is 4.79 Å². The van der Waals surface area contributed by atoms with Gasteiger partial charge in [0.15, 0.2) is 0 Å². The second kappa shape index (κ2) is 7.88. The van der Waals surface area contributed by atoms with Gasteiger partial charge >= 0.3 is 0 Å². The van der Waals surface area contributed by atoms with Crippen LogP contribution in [0, 0.1) is 5.92 Å². The van der Waals surface area contributed by atoms with E-state index < -0.39 is 0 Å². The highest BCUT2D eigenvalue weighted by atomic mass is 32.1. The zero-order chi connectivity index (χ0) is 15.1. The largest absolute Gasteiger partial charge is 0.300 e. The van der Waals surface area contributed by atoms with Gasteiger partial charge in [0, 0.05) is 12.3 Å². The second-order valence-electron chi connectivity index (χ2n) is 5.17. The Morgan fingerprint density at radius 1 is 1.24 bits per heavy atom. The third-order valence-corrected chi connectivity index (χ3v) is 4.24. The maximum atomic E-state index is 11.9. The fourth-order valence-corrected chi connectivity index (χ4v) is 2.84. The first-order chi connectivity index (χ1) is 10.2. The van der Waals surface area contributed by atoms with Gasteiger partial charge < -0.3 is 5.32 Å². The van der Waals surface area contributed by atoms with Crippen LogP contribution in [0.15, 0.2) is 30.3 Å². The quantitative estimate of drug-likeness (QED) is 0.848. The van der Waals surface area contributed by atoms with Gasteiger partial charge in [-0.1, -0.05) is 61.9 Å². The lowest BCUT2D eigenvalue weighted by Gasteiger charge is -2.07. The van der Waals surface area contributed by atoms with Crippen LogP contribution in [-0.2, 0) is 17.6 Å². The fraction of sp³-hybridized carbons (Fsp3) is 0.438. The molecule has 1 aromatic carbocycles. The predicted molar refractivity (Wildman–Crippen MR) is 86.5 cm³/mol. The van der Waals surface area contributed by atoms with Crippen molar-refractivity contribution in [1.29, 1.82) is 0 Å². The Hall–Kier alpha value is -1.75. The van der Waals surface area contributed by atoms with Gasteiger partial charge in [-0.2, -0.15) is 0 Å². The molecule has 1 heterocycles. The number of hydrogen-bond acceptors (Lipinski definition) is 4. The number of hydrogen-bond donors (Lipinski definition) is 1. The average Bonchev–Trinajstić information content (AvgIpc) is 2.94. The van der Waals surface area contributed by atoms with Gasteiger partial charge in [-0.3, -0.25) is 4.79 Å². The SMILES string of the molecule is CCC[C@@H](C)C(=O)Nc1nnc(CCc2ccccc2)s1. The molecular weight excluding hydrogens is 282 g/mol. The van der Waals surface area contributed by atoms with Gasteiger partial charge in [0.1, 0.15) is 5.01 Å². The molecule has 21 heavy (non-hydrogen) atoms. The molecule has 1 aromatic heterocycles. The normalized spacial score (nSPS) is 12.1. The standard InChI is InChI=1S/C16H21N3OS/c1-3-7-12(2)15(20)17-16-19-18-14(21-16)11-10-13-8-5-4-6-9-13/h4-6,8-9,12H,3,7,10-11H2,1-2H3,(H,17,19,20)/t12-/m1/s1. The van der Waals surface area contributed by atoms with E-state index in [0.717, 1.165) is 30.7 Å². The van der Waals surface area contributed by atoms with Crippen molar-refractivity contribution in [2.45, 2.75) is 39.5 Å². The summed E-state index contributed by atoms with van der Waals surface area (Å²) in [6.07, 6.45) is 3.69. The molecule has 0 bridgehead atoms. The van der Waals surface area contributed by atoms with Crippen LogP contribution in [-0.4, -0.2) is 16.1 Å². The van der Waals surface area contributed by atoms with Crippen molar-refractivity contribution >= 4 is 22.4 Å². The van der Waals surface area contributed by atoms with E-state index in [2.05, 4.69) is 34.6 Å². The summed E-state index contributed by atoms with van der Waals surface area (Å²) in [6, 6.07) is 10.3. The summed E-state index contributed by atoms with van der Waals surface area (Å²) in [6.45, 7) is 4.02. The number of benzene rings is 1. The minimum atomic E-state index is 0.0201. The minimum Gasteiger partial charge on any atom is -0.300 e. The van der Waals surface area contributed by atoms with Gasteiger partial charge in [-0.25, -0.2) is 0 Å². The Kier molecular flexibility index (Phi) is 5.87. The molecule has 0 radical (unpaired) electrons. The van der Waals surface area contributed by atoms with Crippen LogP contribution in [0.25, 0.3) is 0 Å². The maximum absolute atomic E-state index is 11.9. The van der Waals surface area contributed by atoms with Gasteiger partial charge in [0.25, 0.3) is 0 Å². The molecule has 2 rings (SSSR count). The molecule has 0 aliphatic carbocycles.